The molecule has 7 nitrogen and oxygen atoms in total. The summed E-state index contributed by atoms with van der Waals surface area (Å²) in [6.07, 6.45) is 0. The summed E-state index contributed by atoms with van der Waals surface area (Å²) in [5, 5.41) is 11.2. The van der Waals surface area contributed by atoms with Gasteiger partial charge in [0, 0.05) is 11.3 Å². The number of aryl methyl sites for hydroxylation is 1. The van der Waals surface area contributed by atoms with Gasteiger partial charge in [-0.15, -0.1) is 0 Å². The predicted octanol–water partition coefficient (Wildman–Crippen LogP) is 4.81. The number of amides is 1. The third kappa shape index (κ3) is 4.53. The molecule has 4 rings (SSSR count). The van der Waals surface area contributed by atoms with Crippen molar-refractivity contribution >= 4 is 29.1 Å². The molecule has 3 aromatic carbocycles. The second kappa shape index (κ2) is 9.85. The summed E-state index contributed by atoms with van der Waals surface area (Å²) in [5.74, 6) is -1.72. The van der Waals surface area contributed by atoms with E-state index in [0.717, 1.165) is 5.56 Å². The summed E-state index contributed by atoms with van der Waals surface area (Å²) in [6, 6.07) is 19.4. The van der Waals surface area contributed by atoms with Crippen LogP contribution in [0.4, 0.5) is 5.69 Å². The van der Waals surface area contributed by atoms with Gasteiger partial charge in [-0.05, 0) is 67.9 Å². The summed E-state index contributed by atoms with van der Waals surface area (Å²) >= 11 is 0. The van der Waals surface area contributed by atoms with Crippen molar-refractivity contribution in [2.45, 2.75) is 19.9 Å². The summed E-state index contributed by atoms with van der Waals surface area (Å²) in [6.45, 7) is 3.87. The molecule has 0 saturated carbocycles. The number of carbonyl (C=O) groups excluding carboxylic acids is 3. The van der Waals surface area contributed by atoms with Crippen molar-refractivity contribution < 1.29 is 29.0 Å². The number of anilines is 1. The number of carbonyl (C=O) groups is 3. The molecule has 0 aromatic heterocycles. The van der Waals surface area contributed by atoms with Crippen molar-refractivity contribution in [2.75, 3.05) is 18.6 Å². The van der Waals surface area contributed by atoms with Crippen LogP contribution in [0.25, 0.3) is 5.76 Å². The van der Waals surface area contributed by atoms with Crippen molar-refractivity contribution in [3.05, 3.63) is 101 Å². The number of esters is 1. The summed E-state index contributed by atoms with van der Waals surface area (Å²) in [4.78, 5) is 39.9. The number of Topliss-reactive ketones (excluding diaryl/α,β-unsaturated/α-hetero) is 1. The number of nitrogens with zero attached hydrogens (tertiary/aromatic N) is 1. The number of methoxy groups -OCH3 is 1. The van der Waals surface area contributed by atoms with Crippen LogP contribution in [0.1, 0.15) is 40.0 Å². The second-order valence-corrected chi connectivity index (χ2v) is 8.08. The predicted molar refractivity (Wildman–Crippen MR) is 131 cm³/mol. The Bertz CT molecular complexity index is 1310. The van der Waals surface area contributed by atoms with Crippen LogP contribution in [0.5, 0.6) is 5.75 Å². The summed E-state index contributed by atoms with van der Waals surface area (Å²) < 4.78 is 10.2. The maximum absolute atomic E-state index is 13.3. The lowest BCUT2D eigenvalue weighted by Crippen LogP contribution is -2.29. The zero-order chi connectivity index (χ0) is 25.1. The minimum absolute atomic E-state index is 0.0137. The fraction of sp³-hybridized carbons (Fsp3) is 0.179. The lowest BCUT2D eigenvalue weighted by Gasteiger charge is -2.26. The second-order valence-electron chi connectivity index (χ2n) is 8.08. The third-order valence-electron chi connectivity index (χ3n) is 5.82. The monoisotopic (exact) mass is 471 g/mol. The quantitative estimate of drug-likeness (QED) is 0.240. The highest BCUT2D eigenvalue weighted by molar-refractivity contribution is 6.51. The van der Waals surface area contributed by atoms with E-state index in [0.29, 0.717) is 28.1 Å². The molecule has 3 aromatic rings. The first-order chi connectivity index (χ1) is 16.8. The maximum Gasteiger partial charge on any atom is 0.338 e. The van der Waals surface area contributed by atoms with Crippen molar-refractivity contribution in [1.82, 2.24) is 0 Å². The SMILES string of the molecule is CCOC(=O)c1ccc(N2C(=O)C(=O)/C(=C(/O)c3ccc(OC)cc3)C2c2cccc(C)c2)cc1. The number of benzene rings is 3. The molecule has 35 heavy (non-hydrogen) atoms. The Hall–Kier alpha value is -4.39. The van der Waals surface area contributed by atoms with Gasteiger partial charge in [0.1, 0.15) is 11.5 Å². The maximum atomic E-state index is 13.3. The largest absolute Gasteiger partial charge is 0.507 e. The van der Waals surface area contributed by atoms with Gasteiger partial charge < -0.3 is 14.6 Å². The number of aliphatic hydroxyl groups excluding tert-OH is 1. The van der Waals surface area contributed by atoms with Gasteiger partial charge in [-0.1, -0.05) is 29.8 Å². The van der Waals surface area contributed by atoms with Crippen molar-refractivity contribution in [1.29, 1.82) is 0 Å². The van der Waals surface area contributed by atoms with E-state index in [4.69, 9.17) is 9.47 Å². The number of rotatable bonds is 6. The first-order valence-electron chi connectivity index (χ1n) is 11.1. The van der Waals surface area contributed by atoms with Gasteiger partial charge in [-0.2, -0.15) is 0 Å². The van der Waals surface area contributed by atoms with Crippen LogP contribution >= 0.6 is 0 Å². The van der Waals surface area contributed by atoms with Gasteiger partial charge >= 0.3 is 5.97 Å². The molecular weight excluding hydrogens is 446 g/mol. The molecule has 1 fully saturated rings. The van der Waals surface area contributed by atoms with E-state index in [9.17, 15) is 19.5 Å². The lowest BCUT2D eigenvalue weighted by atomic mass is 9.94. The highest BCUT2D eigenvalue weighted by Gasteiger charge is 2.47. The first kappa shape index (κ1) is 23.8. The smallest absolute Gasteiger partial charge is 0.338 e. The number of ether oxygens (including phenoxy) is 2. The summed E-state index contributed by atoms with van der Waals surface area (Å²) in [5.41, 5.74) is 2.74. The molecule has 1 heterocycles. The van der Waals surface area contributed by atoms with Crippen LogP contribution in [-0.2, 0) is 14.3 Å². The summed E-state index contributed by atoms with van der Waals surface area (Å²) in [7, 11) is 1.53. The van der Waals surface area contributed by atoms with E-state index in [1.807, 2.05) is 31.2 Å². The first-order valence-corrected chi connectivity index (χ1v) is 11.1. The van der Waals surface area contributed by atoms with Crippen LogP contribution in [0.2, 0.25) is 0 Å². The molecule has 1 saturated heterocycles. The number of ketones is 1. The zero-order valence-electron chi connectivity index (χ0n) is 19.6. The van der Waals surface area contributed by atoms with Gasteiger partial charge in [-0.3, -0.25) is 14.5 Å². The van der Waals surface area contributed by atoms with Crippen LogP contribution in [-0.4, -0.2) is 36.5 Å². The average Bonchev–Trinajstić information content (AvgIpc) is 3.14. The number of hydrogen-bond donors (Lipinski definition) is 1. The van der Waals surface area contributed by atoms with E-state index in [1.165, 1.54) is 12.0 Å². The van der Waals surface area contributed by atoms with Crippen molar-refractivity contribution in [2.24, 2.45) is 0 Å². The Labute approximate surface area is 203 Å². The molecule has 1 atom stereocenters. The van der Waals surface area contributed by atoms with Crippen LogP contribution in [0.15, 0.2) is 78.4 Å². The van der Waals surface area contributed by atoms with Crippen LogP contribution < -0.4 is 9.64 Å². The average molecular weight is 472 g/mol. The number of aliphatic hydroxyl groups is 1. The van der Waals surface area contributed by atoms with Crippen LogP contribution in [0.3, 0.4) is 0 Å². The topological polar surface area (TPSA) is 93.1 Å². The third-order valence-corrected chi connectivity index (χ3v) is 5.82. The zero-order valence-corrected chi connectivity index (χ0v) is 19.6. The molecule has 178 valence electrons. The molecule has 0 aliphatic carbocycles. The minimum Gasteiger partial charge on any atom is -0.507 e. The molecule has 1 N–H and O–H groups in total. The Kier molecular flexibility index (Phi) is 6.68. The van der Waals surface area contributed by atoms with Gasteiger partial charge in [0.15, 0.2) is 0 Å². The fourth-order valence-electron chi connectivity index (χ4n) is 4.13. The molecule has 0 bridgehead atoms. The van der Waals surface area contributed by atoms with Gasteiger partial charge in [0.05, 0.1) is 30.9 Å². The number of hydrogen-bond acceptors (Lipinski definition) is 6. The molecular formula is C28H25NO6. The Morgan fingerprint density at radius 3 is 2.23 bits per heavy atom. The fourth-order valence-corrected chi connectivity index (χ4v) is 4.13. The highest BCUT2D eigenvalue weighted by atomic mass is 16.5. The lowest BCUT2D eigenvalue weighted by molar-refractivity contribution is -0.132. The van der Waals surface area contributed by atoms with E-state index >= 15 is 0 Å². The molecule has 0 radical (unpaired) electrons. The van der Waals surface area contributed by atoms with E-state index < -0.39 is 23.7 Å². The van der Waals surface area contributed by atoms with Crippen molar-refractivity contribution in [3.8, 4) is 5.75 Å². The normalized spacial score (nSPS) is 16.9. The standard InChI is InChI=1S/C28H25NO6/c1-4-35-28(33)19-8-12-21(13-9-19)29-24(20-7-5-6-17(2)16-20)23(26(31)27(29)32)25(30)18-10-14-22(34-3)15-11-18/h5-16,24,30H,4H2,1-3H3/b25-23+. The molecule has 0 spiro atoms. The van der Waals surface area contributed by atoms with E-state index in [-0.39, 0.29) is 17.9 Å². The Balaban J connectivity index is 1.85. The van der Waals surface area contributed by atoms with Gasteiger partial charge in [0.2, 0.25) is 0 Å². The Morgan fingerprint density at radius 2 is 1.63 bits per heavy atom. The molecule has 1 unspecified atom stereocenters. The van der Waals surface area contributed by atoms with Crippen molar-refractivity contribution in [3.63, 3.8) is 0 Å². The molecule has 1 aliphatic rings. The Morgan fingerprint density at radius 1 is 0.971 bits per heavy atom. The van der Waals surface area contributed by atoms with Gasteiger partial charge in [0.25, 0.3) is 11.7 Å². The van der Waals surface area contributed by atoms with Gasteiger partial charge in [-0.25, -0.2) is 4.79 Å². The van der Waals surface area contributed by atoms with Crippen LogP contribution in [0, 0.1) is 6.92 Å². The molecule has 1 aliphatic heterocycles. The van der Waals surface area contributed by atoms with E-state index in [2.05, 4.69) is 0 Å². The minimum atomic E-state index is -0.856. The molecule has 1 amide bonds. The molecule has 7 heteroatoms. The highest BCUT2D eigenvalue weighted by Crippen LogP contribution is 2.42. The van der Waals surface area contributed by atoms with E-state index in [1.54, 1.807) is 55.5 Å².